The molecule has 1 aromatic rings. The lowest BCUT2D eigenvalue weighted by Crippen LogP contribution is -2.24. The molecule has 0 unspecified atom stereocenters. The molecule has 0 heterocycles. The van der Waals surface area contributed by atoms with Crippen molar-refractivity contribution in [2.45, 2.75) is 39.3 Å². The topological polar surface area (TPSA) is 38.3 Å². The molecule has 18 heavy (non-hydrogen) atoms. The molecule has 100 valence electrons. The van der Waals surface area contributed by atoms with Crippen molar-refractivity contribution >= 4 is 17.6 Å². The number of carbonyl (C=O) groups is 1. The number of esters is 1. The normalized spacial score (nSPS) is 10.7. The van der Waals surface area contributed by atoms with Gasteiger partial charge in [-0.15, -0.1) is 0 Å². The standard InChI is InChI=1S/C14H20ClNO2/c1-11(2)16-9-3-4-14(17)18-10-12-5-7-13(15)8-6-12/h5-8,11,16H,3-4,9-10H2,1-2H3. The van der Waals surface area contributed by atoms with Crippen LogP contribution in [0.25, 0.3) is 0 Å². The highest BCUT2D eigenvalue weighted by Gasteiger charge is 2.03. The Kier molecular flexibility index (Phi) is 6.76. The molecule has 0 atom stereocenters. The molecule has 0 aliphatic heterocycles. The number of rotatable bonds is 7. The number of carbonyl (C=O) groups excluding carboxylic acids is 1. The van der Waals surface area contributed by atoms with Crippen LogP contribution in [0, 0.1) is 0 Å². The SMILES string of the molecule is CC(C)NCCCC(=O)OCc1ccc(Cl)cc1. The second kappa shape index (κ2) is 8.11. The van der Waals surface area contributed by atoms with Crippen LogP contribution in [0.2, 0.25) is 5.02 Å². The van der Waals surface area contributed by atoms with Gasteiger partial charge in [-0.1, -0.05) is 37.6 Å². The van der Waals surface area contributed by atoms with E-state index in [1.807, 2.05) is 12.1 Å². The molecule has 0 aromatic heterocycles. The van der Waals surface area contributed by atoms with E-state index in [9.17, 15) is 4.79 Å². The van der Waals surface area contributed by atoms with Crippen molar-refractivity contribution in [3.8, 4) is 0 Å². The van der Waals surface area contributed by atoms with Crippen molar-refractivity contribution in [2.24, 2.45) is 0 Å². The predicted octanol–water partition coefficient (Wildman–Crippen LogP) is 3.16. The van der Waals surface area contributed by atoms with Gasteiger partial charge in [0.05, 0.1) is 0 Å². The summed E-state index contributed by atoms with van der Waals surface area (Å²) in [5.41, 5.74) is 0.952. The van der Waals surface area contributed by atoms with Crippen LogP contribution in [-0.2, 0) is 16.1 Å². The van der Waals surface area contributed by atoms with Gasteiger partial charge in [-0.05, 0) is 30.7 Å². The van der Waals surface area contributed by atoms with Crippen molar-refractivity contribution in [1.82, 2.24) is 5.32 Å². The van der Waals surface area contributed by atoms with Crippen LogP contribution in [0.3, 0.4) is 0 Å². The lowest BCUT2D eigenvalue weighted by molar-refractivity contribution is -0.145. The summed E-state index contributed by atoms with van der Waals surface area (Å²) in [5.74, 6) is -0.157. The van der Waals surface area contributed by atoms with Crippen molar-refractivity contribution in [3.63, 3.8) is 0 Å². The van der Waals surface area contributed by atoms with Gasteiger partial charge < -0.3 is 10.1 Å². The average molecular weight is 270 g/mol. The predicted molar refractivity (Wildman–Crippen MR) is 73.6 cm³/mol. The van der Waals surface area contributed by atoms with Crippen LogP contribution in [0.5, 0.6) is 0 Å². The van der Waals surface area contributed by atoms with Gasteiger partial charge in [0.1, 0.15) is 6.61 Å². The Morgan fingerprint density at radius 1 is 1.33 bits per heavy atom. The summed E-state index contributed by atoms with van der Waals surface area (Å²) in [5, 5.41) is 3.94. The van der Waals surface area contributed by atoms with Crippen molar-refractivity contribution in [1.29, 1.82) is 0 Å². The Morgan fingerprint density at radius 3 is 2.61 bits per heavy atom. The summed E-state index contributed by atoms with van der Waals surface area (Å²) in [6, 6.07) is 7.75. The van der Waals surface area contributed by atoms with Crippen LogP contribution < -0.4 is 5.32 Å². The maximum absolute atomic E-state index is 11.5. The number of halogens is 1. The lowest BCUT2D eigenvalue weighted by atomic mass is 10.2. The third-order valence-electron chi connectivity index (χ3n) is 2.42. The van der Waals surface area contributed by atoms with Crippen molar-refractivity contribution in [3.05, 3.63) is 34.9 Å². The summed E-state index contributed by atoms with van der Waals surface area (Å²) in [6.45, 7) is 5.32. The van der Waals surface area contributed by atoms with E-state index < -0.39 is 0 Å². The van der Waals surface area contributed by atoms with Crippen LogP contribution in [0.1, 0.15) is 32.3 Å². The fourth-order valence-corrected chi connectivity index (χ4v) is 1.57. The number of ether oxygens (including phenoxy) is 1. The molecule has 4 heteroatoms. The summed E-state index contributed by atoms with van der Waals surface area (Å²) in [7, 11) is 0. The lowest BCUT2D eigenvalue weighted by Gasteiger charge is -2.08. The molecular formula is C14H20ClNO2. The molecule has 0 radical (unpaired) electrons. The van der Waals surface area contributed by atoms with Gasteiger partial charge >= 0.3 is 5.97 Å². The van der Waals surface area contributed by atoms with Crippen molar-refractivity contribution < 1.29 is 9.53 Å². The van der Waals surface area contributed by atoms with E-state index in [1.165, 1.54) is 0 Å². The molecule has 0 aliphatic carbocycles. The molecule has 0 spiro atoms. The number of benzene rings is 1. The first-order valence-corrected chi connectivity index (χ1v) is 6.59. The Labute approximate surface area is 113 Å². The van der Waals surface area contributed by atoms with Gasteiger partial charge in [0.15, 0.2) is 0 Å². The Bertz CT molecular complexity index is 363. The molecule has 1 aromatic carbocycles. The molecule has 1 N–H and O–H groups in total. The zero-order chi connectivity index (χ0) is 13.4. The third kappa shape index (κ3) is 6.62. The Balaban J connectivity index is 2.15. The van der Waals surface area contributed by atoms with Gasteiger partial charge in [0.2, 0.25) is 0 Å². The molecule has 3 nitrogen and oxygen atoms in total. The van der Waals surface area contributed by atoms with E-state index in [1.54, 1.807) is 12.1 Å². The average Bonchev–Trinajstić information content (AvgIpc) is 2.34. The molecule has 0 aliphatic rings. The molecule has 0 bridgehead atoms. The van der Waals surface area contributed by atoms with E-state index in [4.69, 9.17) is 16.3 Å². The van der Waals surface area contributed by atoms with E-state index >= 15 is 0 Å². The van der Waals surface area contributed by atoms with E-state index in [2.05, 4.69) is 19.2 Å². The summed E-state index contributed by atoms with van der Waals surface area (Å²) in [4.78, 5) is 11.5. The van der Waals surface area contributed by atoms with E-state index in [0.717, 1.165) is 18.5 Å². The molecule has 0 fully saturated rings. The first-order valence-electron chi connectivity index (χ1n) is 6.21. The minimum absolute atomic E-state index is 0.157. The summed E-state index contributed by atoms with van der Waals surface area (Å²) in [6.07, 6.45) is 1.25. The Hall–Kier alpha value is -1.06. The minimum atomic E-state index is -0.157. The molecule has 0 amide bonds. The quantitative estimate of drug-likeness (QED) is 0.610. The monoisotopic (exact) mass is 269 g/mol. The zero-order valence-corrected chi connectivity index (χ0v) is 11.7. The van der Waals surface area contributed by atoms with E-state index in [-0.39, 0.29) is 5.97 Å². The van der Waals surface area contributed by atoms with Crippen LogP contribution in [0.4, 0.5) is 0 Å². The maximum Gasteiger partial charge on any atom is 0.306 e. The number of hydrogen-bond donors (Lipinski definition) is 1. The summed E-state index contributed by atoms with van der Waals surface area (Å²) >= 11 is 5.77. The Morgan fingerprint density at radius 2 is 2.00 bits per heavy atom. The number of nitrogens with one attached hydrogen (secondary N) is 1. The second-order valence-electron chi connectivity index (χ2n) is 4.50. The van der Waals surface area contributed by atoms with Gasteiger partial charge in [0.25, 0.3) is 0 Å². The van der Waals surface area contributed by atoms with Gasteiger partial charge in [-0.2, -0.15) is 0 Å². The first-order chi connectivity index (χ1) is 8.58. The highest BCUT2D eigenvalue weighted by atomic mass is 35.5. The smallest absolute Gasteiger partial charge is 0.306 e. The third-order valence-corrected chi connectivity index (χ3v) is 2.68. The van der Waals surface area contributed by atoms with Crippen LogP contribution >= 0.6 is 11.6 Å². The highest BCUT2D eigenvalue weighted by molar-refractivity contribution is 6.30. The van der Waals surface area contributed by atoms with Gasteiger partial charge in [-0.3, -0.25) is 4.79 Å². The van der Waals surface area contributed by atoms with Gasteiger partial charge in [0, 0.05) is 17.5 Å². The second-order valence-corrected chi connectivity index (χ2v) is 4.94. The van der Waals surface area contributed by atoms with Crippen molar-refractivity contribution in [2.75, 3.05) is 6.54 Å². The maximum atomic E-state index is 11.5. The minimum Gasteiger partial charge on any atom is -0.461 e. The first kappa shape index (κ1) is 15.0. The summed E-state index contributed by atoms with van der Waals surface area (Å²) < 4.78 is 5.17. The molecule has 0 saturated heterocycles. The largest absolute Gasteiger partial charge is 0.461 e. The van der Waals surface area contributed by atoms with Crippen LogP contribution in [-0.4, -0.2) is 18.6 Å². The molecule has 0 saturated carbocycles. The molecular weight excluding hydrogens is 250 g/mol. The van der Waals surface area contributed by atoms with Crippen LogP contribution in [0.15, 0.2) is 24.3 Å². The highest BCUT2D eigenvalue weighted by Crippen LogP contribution is 2.10. The fourth-order valence-electron chi connectivity index (χ4n) is 1.44. The zero-order valence-electron chi connectivity index (χ0n) is 10.9. The number of hydrogen-bond acceptors (Lipinski definition) is 3. The van der Waals surface area contributed by atoms with Gasteiger partial charge in [-0.25, -0.2) is 0 Å². The van der Waals surface area contributed by atoms with E-state index in [0.29, 0.717) is 24.1 Å². The fraction of sp³-hybridized carbons (Fsp3) is 0.500. The molecule has 1 rings (SSSR count).